The number of thiophene rings is 1. The summed E-state index contributed by atoms with van der Waals surface area (Å²) < 4.78 is 0. The third-order valence-electron chi connectivity index (χ3n) is 4.58. The number of anilines is 2. The molecule has 3 nitrogen and oxygen atoms in total. The summed E-state index contributed by atoms with van der Waals surface area (Å²) in [5.41, 5.74) is 2.44. The molecule has 0 unspecified atom stereocenters. The van der Waals surface area contributed by atoms with Crippen LogP contribution in [0.5, 0.6) is 0 Å². The van der Waals surface area contributed by atoms with Crippen LogP contribution in [0.3, 0.4) is 0 Å². The molecule has 2 heterocycles. The van der Waals surface area contributed by atoms with Crippen molar-refractivity contribution in [1.29, 1.82) is 0 Å². The molecule has 0 radical (unpaired) electrons. The monoisotopic (exact) mass is 351 g/mol. The van der Waals surface area contributed by atoms with E-state index in [1.807, 2.05) is 0 Å². The number of aromatic nitrogens is 2. The first-order valence-electron chi connectivity index (χ1n) is 8.02. The predicted octanol–water partition coefficient (Wildman–Crippen LogP) is 5.73. The largest absolute Gasteiger partial charge is 0.339 e. The molecule has 1 aliphatic rings. The topological polar surface area (TPSA) is 37.8 Å². The van der Waals surface area contributed by atoms with Gasteiger partial charge in [-0.3, -0.25) is 0 Å². The van der Waals surface area contributed by atoms with Crippen LogP contribution in [0, 0.1) is 0 Å². The second kappa shape index (κ2) is 5.43. The molecular formula is C19H14ClN3S. The Balaban J connectivity index is 1.72. The van der Waals surface area contributed by atoms with Crippen LogP contribution in [0.25, 0.3) is 21.0 Å². The standard InChI is InChI=1S/C19H14ClN3S/c20-19-22-17(16-13-8-4-10-15(13)24-18(16)23-19)21-14-9-3-6-11-5-1-2-7-12(11)14/h1-3,5-7,9H,4,8,10H2,(H,21,22,23). The molecule has 5 rings (SSSR count). The van der Waals surface area contributed by atoms with Crippen molar-refractivity contribution >= 4 is 55.4 Å². The quantitative estimate of drug-likeness (QED) is 0.468. The third kappa shape index (κ3) is 2.18. The van der Waals surface area contributed by atoms with E-state index in [0.29, 0.717) is 5.28 Å². The van der Waals surface area contributed by atoms with Crippen molar-refractivity contribution in [3.8, 4) is 0 Å². The van der Waals surface area contributed by atoms with E-state index in [4.69, 9.17) is 11.6 Å². The smallest absolute Gasteiger partial charge is 0.225 e. The van der Waals surface area contributed by atoms with Gasteiger partial charge in [-0.1, -0.05) is 36.4 Å². The van der Waals surface area contributed by atoms with Gasteiger partial charge in [0.15, 0.2) is 0 Å². The van der Waals surface area contributed by atoms with Gasteiger partial charge in [-0.25, -0.2) is 4.98 Å². The summed E-state index contributed by atoms with van der Waals surface area (Å²) in [5, 5.41) is 7.34. The van der Waals surface area contributed by atoms with E-state index in [0.717, 1.165) is 34.6 Å². The maximum atomic E-state index is 6.18. The Hall–Kier alpha value is -2.17. The zero-order chi connectivity index (χ0) is 16.1. The molecule has 0 amide bonds. The number of rotatable bonds is 2. The zero-order valence-electron chi connectivity index (χ0n) is 12.8. The number of hydrogen-bond acceptors (Lipinski definition) is 4. The van der Waals surface area contributed by atoms with Crippen molar-refractivity contribution in [1.82, 2.24) is 9.97 Å². The summed E-state index contributed by atoms with van der Waals surface area (Å²) in [5.74, 6) is 0.820. The fourth-order valence-electron chi connectivity index (χ4n) is 3.52. The van der Waals surface area contributed by atoms with Crippen LogP contribution in [0.4, 0.5) is 11.5 Å². The minimum atomic E-state index is 0.296. The number of halogens is 1. The average molecular weight is 352 g/mol. The number of benzene rings is 2. The SMILES string of the molecule is Clc1nc(Nc2cccc3ccccc23)c2c3c(sc2n1)CCC3. The maximum Gasteiger partial charge on any atom is 0.225 e. The summed E-state index contributed by atoms with van der Waals surface area (Å²) in [4.78, 5) is 11.4. The van der Waals surface area contributed by atoms with E-state index < -0.39 is 0 Å². The Bertz CT molecular complexity index is 1080. The summed E-state index contributed by atoms with van der Waals surface area (Å²) in [6, 6.07) is 14.6. The fourth-order valence-corrected chi connectivity index (χ4v) is 5.00. The minimum absolute atomic E-state index is 0.296. The molecule has 1 N–H and O–H groups in total. The Morgan fingerprint density at radius 1 is 1.00 bits per heavy atom. The van der Waals surface area contributed by atoms with E-state index in [-0.39, 0.29) is 0 Å². The summed E-state index contributed by atoms with van der Waals surface area (Å²) in [6.45, 7) is 0. The van der Waals surface area contributed by atoms with Crippen LogP contribution >= 0.6 is 22.9 Å². The van der Waals surface area contributed by atoms with E-state index in [1.165, 1.54) is 27.6 Å². The fraction of sp³-hybridized carbons (Fsp3) is 0.158. The molecule has 2 aromatic carbocycles. The normalized spacial score (nSPS) is 13.5. The Morgan fingerprint density at radius 2 is 1.88 bits per heavy atom. The molecule has 0 fully saturated rings. The van der Waals surface area contributed by atoms with Crippen LogP contribution in [-0.4, -0.2) is 9.97 Å². The average Bonchev–Trinajstić information content (AvgIpc) is 3.15. The van der Waals surface area contributed by atoms with Crippen molar-refractivity contribution in [2.45, 2.75) is 19.3 Å². The molecule has 2 aromatic heterocycles. The lowest BCUT2D eigenvalue weighted by Gasteiger charge is -2.11. The van der Waals surface area contributed by atoms with Crippen molar-refractivity contribution in [3.63, 3.8) is 0 Å². The lowest BCUT2D eigenvalue weighted by Crippen LogP contribution is -1.98. The van der Waals surface area contributed by atoms with Crippen molar-refractivity contribution in [3.05, 3.63) is 58.2 Å². The van der Waals surface area contributed by atoms with Crippen LogP contribution in [0.15, 0.2) is 42.5 Å². The molecule has 0 spiro atoms. The van der Waals surface area contributed by atoms with Crippen molar-refractivity contribution in [2.24, 2.45) is 0 Å². The number of aryl methyl sites for hydroxylation is 2. The van der Waals surface area contributed by atoms with E-state index in [1.54, 1.807) is 11.3 Å². The Labute approximate surface area is 148 Å². The molecule has 0 bridgehead atoms. The molecule has 5 heteroatoms. The van der Waals surface area contributed by atoms with Gasteiger partial charge in [0.25, 0.3) is 0 Å². The predicted molar refractivity (Wildman–Crippen MR) is 102 cm³/mol. The molecular weight excluding hydrogens is 338 g/mol. The van der Waals surface area contributed by atoms with Gasteiger partial charge in [0.2, 0.25) is 5.28 Å². The van der Waals surface area contributed by atoms with Gasteiger partial charge in [-0.15, -0.1) is 11.3 Å². The van der Waals surface area contributed by atoms with Gasteiger partial charge in [0.05, 0.1) is 5.39 Å². The number of nitrogens with zero attached hydrogens (tertiary/aromatic N) is 2. The highest BCUT2D eigenvalue weighted by molar-refractivity contribution is 7.19. The highest BCUT2D eigenvalue weighted by Crippen LogP contribution is 2.41. The molecule has 0 saturated carbocycles. The highest BCUT2D eigenvalue weighted by Gasteiger charge is 2.22. The molecule has 1 aliphatic carbocycles. The van der Waals surface area contributed by atoms with E-state index in [2.05, 4.69) is 57.7 Å². The minimum Gasteiger partial charge on any atom is -0.339 e. The number of nitrogens with one attached hydrogen (secondary N) is 1. The molecule has 0 saturated heterocycles. The first-order chi connectivity index (χ1) is 11.8. The van der Waals surface area contributed by atoms with Gasteiger partial charge in [-0.2, -0.15) is 4.98 Å². The van der Waals surface area contributed by atoms with Crippen LogP contribution in [0.2, 0.25) is 5.28 Å². The van der Waals surface area contributed by atoms with Gasteiger partial charge >= 0.3 is 0 Å². The molecule has 118 valence electrons. The molecule has 4 aromatic rings. The number of fused-ring (bicyclic) bond motifs is 4. The first kappa shape index (κ1) is 14.2. The number of hydrogen-bond donors (Lipinski definition) is 1. The Kier molecular flexibility index (Phi) is 3.21. The first-order valence-corrected chi connectivity index (χ1v) is 9.21. The van der Waals surface area contributed by atoms with Gasteiger partial charge in [0, 0.05) is 16.0 Å². The van der Waals surface area contributed by atoms with Gasteiger partial charge < -0.3 is 5.32 Å². The van der Waals surface area contributed by atoms with Gasteiger partial charge in [-0.05, 0) is 47.9 Å². The van der Waals surface area contributed by atoms with Crippen molar-refractivity contribution < 1.29 is 0 Å². The van der Waals surface area contributed by atoms with Crippen LogP contribution in [-0.2, 0) is 12.8 Å². The highest BCUT2D eigenvalue weighted by atomic mass is 35.5. The zero-order valence-corrected chi connectivity index (χ0v) is 14.4. The molecule has 24 heavy (non-hydrogen) atoms. The van der Waals surface area contributed by atoms with Gasteiger partial charge in [0.1, 0.15) is 10.6 Å². The third-order valence-corrected chi connectivity index (χ3v) is 5.93. The van der Waals surface area contributed by atoms with Crippen LogP contribution < -0.4 is 5.32 Å². The molecule has 0 atom stereocenters. The second-order valence-electron chi connectivity index (χ2n) is 6.03. The lowest BCUT2D eigenvalue weighted by atomic mass is 10.1. The Morgan fingerprint density at radius 3 is 2.83 bits per heavy atom. The molecule has 0 aliphatic heterocycles. The lowest BCUT2D eigenvalue weighted by molar-refractivity contribution is 0.917. The van der Waals surface area contributed by atoms with E-state index >= 15 is 0 Å². The summed E-state index contributed by atoms with van der Waals surface area (Å²) in [6.07, 6.45) is 3.46. The van der Waals surface area contributed by atoms with Crippen LogP contribution in [0.1, 0.15) is 16.9 Å². The van der Waals surface area contributed by atoms with Crippen molar-refractivity contribution in [2.75, 3.05) is 5.32 Å². The maximum absolute atomic E-state index is 6.18. The second-order valence-corrected chi connectivity index (χ2v) is 7.45. The summed E-state index contributed by atoms with van der Waals surface area (Å²) >= 11 is 7.93. The summed E-state index contributed by atoms with van der Waals surface area (Å²) in [7, 11) is 0. The van der Waals surface area contributed by atoms with E-state index in [9.17, 15) is 0 Å².